The Hall–Kier alpha value is -2.55. The van der Waals surface area contributed by atoms with Crippen molar-refractivity contribution in [3.8, 4) is 22.8 Å². The SMILES string of the molecule is CCc1c(C)[o+]c(-c2ccc(OC)cc2)c2ccc(OC)cc12. The molecule has 0 amide bonds. The summed E-state index contributed by atoms with van der Waals surface area (Å²) in [7, 11) is 3.36. The highest BCUT2D eigenvalue weighted by atomic mass is 16.5. The Morgan fingerprint density at radius 2 is 1.52 bits per heavy atom. The summed E-state index contributed by atoms with van der Waals surface area (Å²) in [4.78, 5) is 0. The van der Waals surface area contributed by atoms with Crippen LogP contribution in [0.25, 0.3) is 22.1 Å². The van der Waals surface area contributed by atoms with Crippen molar-refractivity contribution in [1.82, 2.24) is 0 Å². The summed E-state index contributed by atoms with van der Waals surface area (Å²) in [6, 6.07) is 14.1. The third-order valence-corrected chi connectivity index (χ3v) is 4.18. The van der Waals surface area contributed by atoms with E-state index in [-0.39, 0.29) is 0 Å². The number of hydrogen-bond donors (Lipinski definition) is 0. The normalized spacial score (nSPS) is 10.8. The second-order valence-corrected chi connectivity index (χ2v) is 5.46. The highest BCUT2D eigenvalue weighted by Gasteiger charge is 2.23. The second-order valence-electron chi connectivity index (χ2n) is 5.46. The van der Waals surface area contributed by atoms with Crippen molar-refractivity contribution in [2.24, 2.45) is 0 Å². The highest BCUT2D eigenvalue weighted by Crippen LogP contribution is 2.36. The number of rotatable bonds is 4. The van der Waals surface area contributed by atoms with Crippen LogP contribution in [0.2, 0.25) is 0 Å². The molecule has 0 radical (unpaired) electrons. The first-order valence-electron chi connectivity index (χ1n) is 7.75. The summed E-state index contributed by atoms with van der Waals surface area (Å²) in [5, 5.41) is 2.28. The third kappa shape index (κ3) is 2.74. The molecule has 3 rings (SSSR count). The standard InChI is InChI=1S/C20H21O3/c1-5-17-13(2)23-20(14-6-8-15(21-3)9-7-14)18-11-10-16(22-4)12-19(17)18/h6-12H,5H2,1-4H3/q+1. The van der Waals surface area contributed by atoms with Crippen molar-refractivity contribution in [2.75, 3.05) is 14.2 Å². The van der Waals surface area contributed by atoms with Gasteiger partial charge in [0.25, 0.3) is 0 Å². The number of hydrogen-bond acceptors (Lipinski definition) is 2. The lowest BCUT2D eigenvalue weighted by Crippen LogP contribution is -1.94. The third-order valence-electron chi connectivity index (χ3n) is 4.18. The molecule has 0 fully saturated rings. The predicted molar refractivity (Wildman–Crippen MR) is 93.3 cm³/mol. The average Bonchev–Trinajstić information content (AvgIpc) is 2.60. The van der Waals surface area contributed by atoms with E-state index in [1.807, 2.05) is 37.3 Å². The highest BCUT2D eigenvalue weighted by molar-refractivity contribution is 5.96. The molecular weight excluding hydrogens is 288 g/mol. The van der Waals surface area contributed by atoms with E-state index in [0.29, 0.717) is 0 Å². The van der Waals surface area contributed by atoms with Crippen LogP contribution in [0.4, 0.5) is 0 Å². The molecule has 0 aliphatic carbocycles. The van der Waals surface area contributed by atoms with E-state index in [9.17, 15) is 0 Å². The zero-order valence-corrected chi connectivity index (χ0v) is 14.0. The molecule has 3 aromatic rings. The van der Waals surface area contributed by atoms with E-state index in [0.717, 1.165) is 40.4 Å². The topological polar surface area (TPSA) is 29.8 Å². The Morgan fingerprint density at radius 1 is 0.870 bits per heavy atom. The Kier molecular flexibility index (Phi) is 4.20. The summed E-state index contributed by atoms with van der Waals surface area (Å²) in [5.41, 5.74) is 2.25. The van der Waals surface area contributed by atoms with Crippen LogP contribution in [0, 0.1) is 6.92 Å². The molecule has 3 nitrogen and oxygen atoms in total. The first-order chi connectivity index (χ1) is 11.2. The van der Waals surface area contributed by atoms with Gasteiger partial charge in [0.2, 0.25) is 0 Å². The van der Waals surface area contributed by atoms with Crippen LogP contribution in [-0.2, 0) is 6.42 Å². The van der Waals surface area contributed by atoms with Crippen LogP contribution in [0.1, 0.15) is 18.2 Å². The van der Waals surface area contributed by atoms with Gasteiger partial charge in [0.15, 0.2) is 0 Å². The van der Waals surface area contributed by atoms with Crippen LogP contribution < -0.4 is 9.47 Å². The maximum Gasteiger partial charge on any atom is 0.367 e. The van der Waals surface area contributed by atoms with Crippen molar-refractivity contribution in [2.45, 2.75) is 20.3 Å². The van der Waals surface area contributed by atoms with Gasteiger partial charge in [0.1, 0.15) is 11.5 Å². The zero-order valence-electron chi connectivity index (χ0n) is 14.0. The first-order valence-corrected chi connectivity index (χ1v) is 7.75. The molecule has 2 aromatic carbocycles. The number of fused-ring (bicyclic) bond motifs is 1. The second kappa shape index (κ2) is 6.29. The lowest BCUT2D eigenvalue weighted by Gasteiger charge is -2.07. The monoisotopic (exact) mass is 309 g/mol. The van der Waals surface area contributed by atoms with Crippen LogP contribution in [0.3, 0.4) is 0 Å². The van der Waals surface area contributed by atoms with E-state index < -0.39 is 0 Å². The maximum atomic E-state index is 6.16. The fourth-order valence-electron chi connectivity index (χ4n) is 2.95. The molecule has 0 unspecified atom stereocenters. The summed E-state index contributed by atoms with van der Waals surface area (Å²) in [5.74, 6) is 3.51. The molecule has 118 valence electrons. The van der Waals surface area contributed by atoms with Gasteiger partial charge in [-0.15, -0.1) is 0 Å². The fourth-order valence-corrected chi connectivity index (χ4v) is 2.95. The minimum atomic E-state index is 0.835. The van der Waals surface area contributed by atoms with Crippen LogP contribution in [0.15, 0.2) is 46.9 Å². The lowest BCUT2D eigenvalue weighted by molar-refractivity contribution is 0.415. The van der Waals surface area contributed by atoms with E-state index >= 15 is 0 Å². The Morgan fingerprint density at radius 3 is 2.13 bits per heavy atom. The molecule has 0 aliphatic rings. The Bertz CT molecular complexity index is 836. The average molecular weight is 309 g/mol. The van der Waals surface area contributed by atoms with Gasteiger partial charge in [0.05, 0.1) is 37.7 Å². The number of methoxy groups -OCH3 is 2. The van der Waals surface area contributed by atoms with Crippen molar-refractivity contribution in [1.29, 1.82) is 0 Å². The molecule has 0 N–H and O–H groups in total. The summed E-state index contributed by atoms with van der Waals surface area (Å²) in [6.45, 7) is 4.16. The van der Waals surface area contributed by atoms with Gasteiger partial charge in [-0.05, 0) is 48.9 Å². The minimum Gasteiger partial charge on any atom is -0.497 e. The quantitative estimate of drug-likeness (QED) is 0.615. The molecular formula is C20H21O3+. The lowest BCUT2D eigenvalue weighted by atomic mass is 9.99. The fraction of sp³-hybridized carbons (Fsp3) is 0.250. The summed E-state index contributed by atoms with van der Waals surface area (Å²) < 4.78 is 16.8. The molecule has 1 heterocycles. The van der Waals surface area contributed by atoms with E-state index in [4.69, 9.17) is 13.9 Å². The van der Waals surface area contributed by atoms with E-state index in [2.05, 4.69) is 19.1 Å². The number of aryl methyl sites for hydroxylation is 2. The molecule has 0 bridgehead atoms. The smallest absolute Gasteiger partial charge is 0.367 e. The predicted octanol–water partition coefficient (Wildman–Crippen LogP) is 5.27. The summed E-state index contributed by atoms with van der Waals surface area (Å²) >= 11 is 0. The van der Waals surface area contributed by atoms with Gasteiger partial charge in [-0.25, -0.2) is 4.42 Å². The van der Waals surface area contributed by atoms with Gasteiger partial charge in [-0.2, -0.15) is 0 Å². The van der Waals surface area contributed by atoms with Crippen molar-refractivity contribution >= 4 is 10.8 Å². The van der Waals surface area contributed by atoms with Crippen molar-refractivity contribution in [3.63, 3.8) is 0 Å². The van der Waals surface area contributed by atoms with Gasteiger partial charge in [-0.3, -0.25) is 0 Å². The molecule has 0 spiro atoms. The van der Waals surface area contributed by atoms with Crippen LogP contribution in [-0.4, -0.2) is 14.2 Å². The zero-order chi connectivity index (χ0) is 16.4. The van der Waals surface area contributed by atoms with E-state index in [1.165, 1.54) is 10.9 Å². The van der Waals surface area contributed by atoms with Gasteiger partial charge < -0.3 is 9.47 Å². The van der Waals surface area contributed by atoms with Crippen molar-refractivity contribution in [3.05, 3.63) is 53.8 Å². The molecule has 3 heteroatoms. The van der Waals surface area contributed by atoms with Crippen molar-refractivity contribution < 1.29 is 13.9 Å². The number of benzene rings is 2. The van der Waals surface area contributed by atoms with E-state index in [1.54, 1.807) is 14.2 Å². The molecule has 0 saturated carbocycles. The van der Waals surface area contributed by atoms with Gasteiger partial charge in [-0.1, -0.05) is 6.92 Å². The van der Waals surface area contributed by atoms with Crippen LogP contribution >= 0.6 is 0 Å². The molecule has 0 atom stereocenters. The molecule has 0 aliphatic heterocycles. The van der Waals surface area contributed by atoms with Gasteiger partial charge >= 0.3 is 11.5 Å². The summed E-state index contributed by atoms with van der Waals surface area (Å²) in [6.07, 6.45) is 0.919. The largest absolute Gasteiger partial charge is 0.497 e. The van der Waals surface area contributed by atoms with Crippen LogP contribution in [0.5, 0.6) is 11.5 Å². The Labute approximate surface area is 136 Å². The Balaban J connectivity index is 2.27. The maximum absolute atomic E-state index is 6.16. The first kappa shape index (κ1) is 15.3. The molecule has 1 aromatic heterocycles. The number of ether oxygens (including phenoxy) is 2. The minimum absolute atomic E-state index is 0.835. The molecule has 23 heavy (non-hydrogen) atoms. The molecule has 0 saturated heterocycles. The van der Waals surface area contributed by atoms with Gasteiger partial charge in [0, 0.05) is 5.39 Å².